The standard InChI is InChI=1S/C37H39Cl2F3N8O3/c1-21(51)50-16-12-24(13-17-50)46-19-22-10-14-45-35(31(22)37(40,41)42)48-29-5-3-4-27(32(29)38)34-33(39)26(11-15-44-34)28-8-6-23(36(49-28)53-2)18-43-20-25-7-9-30(52)47-25/h3-6,8,10-11,14-15,24-25,43,46H,7,9,12-13,16-20H2,1-2H3,(H,45,48)(H,47,52)/t25-/m0/s1. The van der Waals surface area contributed by atoms with Crippen LogP contribution in [0.5, 0.6) is 5.88 Å². The fourth-order valence-electron chi connectivity index (χ4n) is 6.62. The van der Waals surface area contributed by atoms with E-state index in [9.17, 15) is 22.8 Å². The first-order valence-electron chi connectivity index (χ1n) is 17.2. The Kier molecular flexibility index (Phi) is 12.0. The highest BCUT2D eigenvalue weighted by Crippen LogP contribution is 2.43. The van der Waals surface area contributed by atoms with Gasteiger partial charge >= 0.3 is 6.18 Å². The number of anilines is 2. The topological polar surface area (TPSA) is 133 Å². The van der Waals surface area contributed by atoms with Gasteiger partial charge in [-0.1, -0.05) is 41.4 Å². The fourth-order valence-corrected chi connectivity index (χ4v) is 7.20. The van der Waals surface area contributed by atoms with E-state index in [2.05, 4.69) is 36.2 Å². The van der Waals surface area contributed by atoms with E-state index < -0.39 is 17.6 Å². The number of rotatable bonds is 12. The predicted molar refractivity (Wildman–Crippen MR) is 197 cm³/mol. The number of nitrogens with zero attached hydrogens (tertiary/aromatic N) is 4. The molecule has 0 bridgehead atoms. The summed E-state index contributed by atoms with van der Waals surface area (Å²) in [6.45, 7) is 3.67. The molecular formula is C37H39Cl2F3N8O3. The largest absolute Gasteiger partial charge is 0.481 e. The Morgan fingerprint density at radius 1 is 0.981 bits per heavy atom. The third-order valence-corrected chi connectivity index (χ3v) is 10.2. The summed E-state index contributed by atoms with van der Waals surface area (Å²) in [7, 11) is 1.52. The Balaban J connectivity index is 1.21. The van der Waals surface area contributed by atoms with Gasteiger partial charge in [-0.25, -0.2) is 9.97 Å². The number of benzene rings is 1. The number of carbonyl (C=O) groups excluding carboxylic acids is 2. The van der Waals surface area contributed by atoms with Gasteiger partial charge in [0.2, 0.25) is 17.7 Å². The van der Waals surface area contributed by atoms with Gasteiger partial charge < -0.3 is 30.9 Å². The van der Waals surface area contributed by atoms with Crippen LogP contribution in [0.25, 0.3) is 22.5 Å². The Morgan fingerprint density at radius 2 is 1.75 bits per heavy atom. The molecule has 280 valence electrons. The second-order valence-electron chi connectivity index (χ2n) is 13.0. The number of methoxy groups -OCH3 is 1. The van der Waals surface area contributed by atoms with E-state index in [1.807, 2.05) is 12.1 Å². The zero-order valence-corrected chi connectivity index (χ0v) is 30.6. The Hall–Kier alpha value is -4.50. The summed E-state index contributed by atoms with van der Waals surface area (Å²) in [5, 5.41) is 12.6. The number of halogens is 5. The molecule has 53 heavy (non-hydrogen) atoms. The van der Waals surface area contributed by atoms with Crippen molar-refractivity contribution in [3.8, 4) is 28.4 Å². The maximum absolute atomic E-state index is 14.6. The van der Waals surface area contributed by atoms with Crippen LogP contribution in [0.2, 0.25) is 10.0 Å². The van der Waals surface area contributed by atoms with Crippen LogP contribution in [0.1, 0.15) is 49.3 Å². The summed E-state index contributed by atoms with van der Waals surface area (Å²) < 4.78 is 49.4. The molecule has 2 aliphatic rings. The zero-order valence-electron chi connectivity index (χ0n) is 29.1. The Morgan fingerprint density at radius 3 is 2.45 bits per heavy atom. The van der Waals surface area contributed by atoms with Crippen molar-refractivity contribution in [3.63, 3.8) is 0 Å². The second kappa shape index (κ2) is 16.7. The van der Waals surface area contributed by atoms with Gasteiger partial charge in [-0.3, -0.25) is 14.6 Å². The van der Waals surface area contributed by atoms with Crippen LogP contribution in [0.4, 0.5) is 24.7 Å². The van der Waals surface area contributed by atoms with Crippen LogP contribution < -0.4 is 26.0 Å². The van der Waals surface area contributed by atoms with Crippen molar-refractivity contribution in [2.24, 2.45) is 0 Å². The molecule has 2 amide bonds. The molecular weight excluding hydrogens is 732 g/mol. The van der Waals surface area contributed by atoms with Crippen molar-refractivity contribution < 1.29 is 27.5 Å². The second-order valence-corrected chi connectivity index (χ2v) is 13.7. The number of hydrogen-bond acceptors (Lipinski definition) is 9. The molecule has 1 atom stereocenters. The molecule has 0 unspecified atom stereocenters. The van der Waals surface area contributed by atoms with Gasteiger partial charge in [0.15, 0.2) is 0 Å². The molecule has 4 aromatic rings. The summed E-state index contributed by atoms with van der Waals surface area (Å²) in [5.74, 6) is 0.0455. The monoisotopic (exact) mass is 770 g/mol. The molecule has 5 heterocycles. The average Bonchev–Trinajstić information content (AvgIpc) is 3.56. The van der Waals surface area contributed by atoms with E-state index >= 15 is 0 Å². The predicted octanol–water partition coefficient (Wildman–Crippen LogP) is 6.75. The van der Waals surface area contributed by atoms with Crippen molar-refractivity contribution in [2.45, 2.75) is 64.0 Å². The maximum atomic E-state index is 14.6. The highest BCUT2D eigenvalue weighted by atomic mass is 35.5. The first kappa shape index (κ1) is 38.2. The fraction of sp³-hybridized carbons (Fsp3) is 0.378. The summed E-state index contributed by atoms with van der Waals surface area (Å²) in [6.07, 6.45) is 0.760. The van der Waals surface area contributed by atoms with Gasteiger partial charge in [0.05, 0.1) is 34.2 Å². The van der Waals surface area contributed by atoms with E-state index in [1.54, 1.807) is 35.4 Å². The quantitative estimate of drug-likeness (QED) is 0.124. The number of ether oxygens (including phenoxy) is 1. The SMILES string of the molecule is COc1nc(-c2ccnc(-c3cccc(Nc4nccc(CNC5CCN(C(C)=O)CC5)c4C(F)(F)F)c3Cl)c2Cl)ccc1CNC[C@@H]1CCC(=O)N1. The number of piperidine rings is 1. The first-order valence-corrected chi connectivity index (χ1v) is 18.0. The number of alkyl halides is 3. The van der Waals surface area contributed by atoms with Crippen LogP contribution in [0, 0.1) is 0 Å². The van der Waals surface area contributed by atoms with Gasteiger partial charge in [0.25, 0.3) is 0 Å². The van der Waals surface area contributed by atoms with Gasteiger partial charge in [-0.15, -0.1) is 0 Å². The molecule has 6 rings (SSSR count). The maximum Gasteiger partial charge on any atom is 0.420 e. The first-order chi connectivity index (χ1) is 25.4. The summed E-state index contributed by atoms with van der Waals surface area (Å²) in [5.41, 5.74) is 1.88. The number of hydrogen-bond donors (Lipinski definition) is 4. The third-order valence-electron chi connectivity index (χ3n) is 9.44. The minimum absolute atomic E-state index is 0.0118. The number of aromatic nitrogens is 3. The number of carbonyl (C=O) groups is 2. The molecule has 2 saturated heterocycles. The summed E-state index contributed by atoms with van der Waals surface area (Å²) in [6, 6.07) is 11.7. The molecule has 0 spiro atoms. The van der Waals surface area contributed by atoms with Crippen LogP contribution in [0.3, 0.4) is 0 Å². The van der Waals surface area contributed by atoms with Crippen molar-refractivity contribution in [2.75, 3.05) is 32.1 Å². The van der Waals surface area contributed by atoms with Crippen LogP contribution >= 0.6 is 23.2 Å². The third kappa shape index (κ3) is 9.01. The number of nitrogens with one attached hydrogen (secondary N) is 4. The molecule has 11 nitrogen and oxygen atoms in total. The summed E-state index contributed by atoms with van der Waals surface area (Å²) in [4.78, 5) is 38.1. The van der Waals surface area contributed by atoms with Crippen LogP contribution in [0.15, 0.2) is 54.9 Å². The zero-order chi connectivity index (χ0) is 37.7. The molecule has 0 aliphatic carbocycles. The van der Waals surface area contributed by atoms with Crippen LogP contribution in [-0.4, -0.2) is 70.5 Å². The summed E-state index contributed by atoms with van der Waals surface area (Å²) >= 11 is 13.8. The lowest BCUT2D eigenvalue weighted by Crippen LogP contribution is -2.44. The highest BCUT2D eigenvalue weighted by Gasteiger charge is 2.37. The Labute approximate surface area is 315 Å². The van der Waals surface area contributed by atoms with Gasteiger partial charge in [0.1, 0.15) is 11.4 Å². The molecule has 3 aromatic heterocycles. The lowest BCUT2D eigenvalue weighted by Gasteiger charge is -2.32. The Bertz CT molecular complexity index is 1970. The van der Waals surface area contributed by atoms with E-state index in [0.717, 1.165) is 12.0 Å². The molecule has 1 aromatic carbocycles. The highest BCUT2D eigenvalue weighted by molar-refractivity contribution is 6.39. The van der Waals surface area contributed by atoms with Gasteiger partial charge in [-0.05, 0) is 49.1 Å². The molecule has 2 fully saturated rings. The van der Waals surface area contributed by atoms with Crippen LogP contribution in [-0.2, 0) is 28.9 Å². The molecule has 4 N–H and O–H groups in total. The van der Waals surface area contributed by atoms with Crippen molar-refractivity contribution >= 4 is 46.5 Å². The number of amides is 2. The van der Waals surface area contributed by atoms with E-state index in [1.165, 1.54) is 26.3 Å². The molecule has 2 aliphatic heterocycles. The molecule has 16 heteroatoms. The normalized spacial score (nSPS) is 16.5. The average molecular weight is 772 g/mol. The lowest BCUT2D eigenvalue weighted by molar-refractivity contribution is -0.138. The number of pyridine rings is 3. The van der Waals surface area contributed by atoms with Gasteiger partial charge in [-0.2, -0.15) is 13.2 Å². The number of likely N-dealkylation sites (tertiary alicyclic amines) is 1. The van der Waals surface area contributed by atoms with E-state index in [4.69, 9.17) is 27.9 Å². The molecule has 0 radical (unpaired) electrons. The molecule has 0 saturated carbocycles. The van der Waals surface area contributed by atoms with Crippen molar-refractivity contribution in [1.82, 2.24) is 35.8 Å². The van der Waals surface area contributed by atoms with E-state index in [-0.39, 0.29) is 51.7 Å². The van der Waals surface area contributed by atoms with Crippen molar-refractivity contribution in [1.29, 1.82) is 0 Å². The minimum Gasteiger partial charge on any atom is -0.481 e. The van der Waals surface area contributed by atoms with Gasteiger partial charge in [0, 0.05) is 87.2 Å². The lowest BCUT2D eigenvalue weighted by atomic mass is 10.0. The van der Waals surface area contributed by atoms with Crippen molar-refractivity contribution in [3.05, 3.63) is 81.6 Å². The smallest absolute Gasteiger partial charge is 0.420 e. The van der Waals surface area contributed by atoms with E-state index in [0.29, 0.717) is 73.8 Å². The minimum atomic E-state index is -4.72.